The SMILES string of the molecule is C[C@H]1C=C2C=C[C@H](C)[C@H](CC[C@@H]3C[C@@H](O)CC(=O)O3)[C@H]2[C@@H](OC(=O)NCCOCCOCCNc2cccc3nnn(C4CCC(=O)NC4=O)c(=O)c23)C1. The van der Waals surface area contributed by atoms with E-state index in [4.69, 9.17) is 18.9 Å². The summed E-state index contributed by atoms with van der Waals surface area (Å²) in [5.41, 5.74) is 1.60. The molecule has 2 aliphatic carbocycles. The average Bonchev–Trinajstić information content (AvgIpc) is 3.12. The maximum Gasteiger partial charge on any atom is 0.407 e. The van der Waals surface area contributed by atoms with E-state index in [1.165, 1.54) is 5.57 Å². The van der Waals surface area contributed by atoms with Gasteiger partial charge in [0.05, 0.1) is 44.3 Å². The van der Waals surface area contributed by atoms with E-state index in [1.54, 1.807) is 18.2 Å². The number of esters is 1. The summed E-state index contributed by atoms with van der Waals surface area (Å²) in [6.45, 7) is 6.17. The first-order chi connectivity index (χ1) is 26.1. The van der Waals surface area contributed by atoms with Gasteiger partial charge in [-0.1, -0.05) is 43.4 Å². The summed E-state index contributed by atoms with van der Waals surface area (Å²) in [6, 6.07) is 4.23. The molecule has 3 amide bonds. The first kappa shape index (κ1) is 39.0. The third kappa shape index (κ3) is 9.70. The number of benzene rings is 1. The number of aliphatic hydroxyl groups excluding tert-OH is 1. The summed E-state index contributed by atoms with van der Waals surface area (Å²) >= 11 is 0. The first-order valence-electron chi connectivity index (χ1n) is 18.9. The van der Waals surface area contributed by atoms with Crippen LogP contribution in [0.5, 0.6) is 0 Å². The molecule has 54 heavy (non-hydrogen) atoms. The molecule has 1 aromatic carbocycles. The maximum absolute atomic E-state index is 13.3. The monoisotopic (exact) mass is 750 g/mol. The van der Waals surface area contributed by atoms with Gasteiger partial charge in [0, 0.05) is 37.5 Å². The van der Waals surface area contributed by atoms with E-state index in [0.29, 0.717) is 56.8 Å². The van der Waals surface area contributed by atoms with Gasteiger partial charge in [-0.2, -0.15) is 4.68 Å². The van der Waals surface area contributed by atoms with Crippen LogP contribution in [0.3, 0.4) is 0 Å². The summed E-state index contributed by atoms with van der Waals surface area (Å²) in [7, 11) is 0. The molecule has 4 N–H and O–H groups in total. The van der Waals surface area contributed by atoms with E-state index in [2.05, 4.69) is 58.3 Å². The molecule has 3 heterocycles. The number of hydrogen-bond acceptors (Lipinski definition) is 13. The Bertz CT molecular complexity index is 1810. The van der Waals surface area contributed by atoms with E-state index in [9.17, 15) is 29.1 Å². The Hall–Kier alpha value is -4.67. The summed E-state index contributed by atoms with van der Waals surface area (Å²) in [4.78, 5) is 62.0. The minimum absolute atomic E-state index is 0.0323. The number of amides is 3. The van der Waals surface area contributed by atoms with Crippen LogP contribution < -0.4 is 21.5 Å². The van der Waals surface area contributed by atoms with Gasteiger partial charge >= 0.3 is 12.1 Å². The third-order valence-corrected chi connectivity index (χ3v) is 10.6. The second-order valence-electron chi connectivity index (χ2n) is 14.6. The number of fused-ring (bicyclic) bond motifs is 2. The standard InChI is InChI=1S/C38H50N6O10/c1-22-18-24-7-6-23(2)27(9-8-26-20-25(45)21-33(47)53-26)34(24)31(19-22)54-38(50)40-13-15-52-17-16-51-14-12-39-28-4-3-5-29-35(28)37(49)44(43-42-29)30-10-11-32(46)41-36(30)48/h3-7,18,22-23,25-27,30-31,34,39,45H,8-17,19-21H2,1-2H3,(H,40,50)(H,41,46,48)/t22-,23-,25+,26+,27-,30?,31-,34-/m0/s1. The second kappa shape index (κ2) is 18.1. The van der Waals surface area contributed by atoms with Crippen LogP contribution in [0, 0.1) is 23.7 Å². The number of rotatable bonds is 15. The normalized spacial score (nSPS) is 28.1. The van der Waals surface area contributed by atoms with Crippen molar-refractivity contribution in [2.24, 2.45) is 23.7 Å². The van der Waals surface area contributed by atoms with Gasteiger partial charge in [-0.15, -0.1) is 5.10 Å². The van der Waals surface area contributed by atoms with Crippen LogP contribution in [0.2, 0.25) is 0 Å². The highest BCUT2D eigenvalue weighted by atomic mass is 16.6. The molecule has 1 aromatic heterocycles. The van der Waals surface area contributed by atoms with Crippen LogP contribution in [-0.2, 0) is 33.3 Å². The van der Waals surface area contributed by atoms with Gasteiger partial charge in [-0.05, 0) is 61.1 Å². The van der Waals surface area contributed by atoms with Gasteiger partial charge in [0.15, 0.2) is 0 Å². The average molecular weight is 751 g/mol. The number of ether oxygens (including phenoxy) is 4. The Balaban J connectivity index is 0.894. The number of carbonyl (C=O) groups is 4. The molecule has 4 aliphatic rings. The fourth-order valence-electron chi connectivity index (χ4n) is 7.99. The van der Waals surface area contributed by atoms with Crippen LogP contribution >= 0.6 is 0 Å². The lowest BCUT2D eigenvalue weighted by Gasteiger charge is -2.43. The molecule has 6 rings (SSSR count). The fourth-order valence-corrected chi connectivity index (χ4v) is 7.99. The quantitative estimate of drug-likeness (QED) is 0.117. The second-order valence-corrected chi connectivity index (χ2v) is 14.6. The number of nitrogens with zero attached hydrogens (tertiary/aromatic N) is 3. The fraction of sp³-hybridized carbons (Fsp3) is 0.605. The van der Waals surface area contributed by atoms with Gasteiger partial charge in [0.25, 0.3) is 11.5 Å². The number of hydrogen-bond donors (Lipinski definition) is 4. The van der Waals surface area contributed by atoms with Crippen molar-refractivity contribution < 1.29 is 43.2 Å². The molecule has 0 bridgehead atoms. The summed E-state index contributed by atoms with van der Waals surface area (Å²) in [6.07, 6.45) is 7.78. The highest BCUT2D eigenvalue weighted by Gasteiger charge is 2.42. The number of carbonyl (C=O) groups excluding carboxylic acids is 4. The van der Waals surface area contributed by atoms with Crippen molar-refractivity contribution in [3.05, 3.63) is 52.4 Å². The highest BCUT2D eigenvalue weighted by molar-refractivity contribution is 5.99. The lowest BCUT2D eigenvalue weighted by atomic mass is 9.65. The van der Waals surface area contributed by atoms with Crippen molar-refractivity contribution in [2.75, 3.05) is 44.8 Å². The van der Waals surface area contributed by atoms with Gasteiger partial charge in [0.1, 0.15) is 23.8 Å². The van der Waals surface area contributed by atoms with E-state index < -0.39 is 29.7 Å². The zero-order valence-electron chi connectivity index (χ0n) is 30.7. The Morgan fingerprint density at radius 1 is 1.06 bits per heavy atom. The molecule has 0 spiro atoms. The van der Waals surface area contributed by atoms with E-state index in [0.717, 1.165) is 11.1 Å². The van der Waals surface area contributed by atoms with Crippen molar-refractivity contribution in [2.45, 2.75) is 83.1 Å². The predicted molar refractivity (Wildman–Crippen MR) is 195 cm³/mol. The number of piperidine rings is 1. The van der Waals surface area contributed by atoms with Crippen molar-refractivity contribution >= 4 is 40.5 Å². The Labute approximate surface area is 313 Å². The molecule has 2 saturated heterocycles. The Kier molecular flexibility index (Phi) is 13.1. The molecule has 0 radical (unpaired) electrons. The third-order valence-electron chi connectivity index (χ3n) is 10.6. The number of anilines is 1. The lowest BCUT2D eigenvalue weighted by Crippen LogP contribution is -2.45. The molecular weight excluding hydrogens is 700 g/mol. The number of allylic oxidation sites excluding steroid dienone is 3. The zero-order chi connectivity index (χ0) is 38.2. The largest absolute Gasteiger partial charge is 0.462 e. The Morgan fingerprint density at radius 2 is 1.85 bits per heavy atom. The first-order valence-corrected chi connectivity index (χ1v) is 18.9. The molecule has 292 valence electrons. The molecule has 2 aromatic rings. The minimum atomic E-state index is -0.910. The van der Waals surface area contributed by atoms with E-state index in [1.807, 2.05) is 0 Å². The predicted octanol–water partition coefficient (Wildman–Crippen LogP) is 2.56. The maximum atomic E-state index is 13.3. The zero-order valence-corrected chi connectivity index (χ0v) is 30.7. The van der Waals surface area contributed by atoms with Gasteiger partial charge in [0.2, 0.25) is 5.91 Å². The highest BCUT2D eigenvalue weighted by Crippen LogP contribution is 2.45. The van der Waals surface area contributed by atoms with Crippen molar-refractivity contribution in [1.29, 1.82) is 0 Å². The van der Waals surface area contributed by atoms with Crippen molar-refractivity contribution in [3.63, 3.8) is 0 Å². The number of aliphatic hydroxyl groups is 1. The van der Waals surface area contributed by atoms with Crippen molar-refractivity contribution in [1.82, 2.24) is 25.6 Å². The van der Waals surface area contributed by atoms with Gasteiger partial charge in [-0.3, -0.25) is 24.5 Å². The number of nitrogens with one attached hydrogen (secondary N) is 3. The molecule has 16 nitrogen and oxygen atoms in total. The van der Waals surface area contributed by atoms with E-state index >= 15 is 0 Å². The number of cyclic esters (lactones) is 1. The molecule has 0 saturated carbocycles. The van der Waals surface area contributed by atoms with Crippen molar-refractivity contribution in [3.8, 4) is 0 Å². The molecule has 16 heteroatoms. The smallest absolute Gasteiger partial charge is 0.407 e. The van der Waals surface area contributed by atoms with Crippen LogP contribution in [-0.4, -0.2) is 102 Å². The number of aromatic nitrogens is 3. The number of alkyl carbamates (subject to hydrolysis) is 1. The lowest BCUT2D eigenvalue weighted by molar-refractivity contribution is -0.160. The summed E-state index contributed by atoms with van der Waals surface area (Å²) < 4.78 is 23.9. The molecule has 1 unspecified atom stereocenters. The van der Waals surface area contributed by atoms with Gasteiger partial charge in [-0.25, -0.2) is 4.79 Å². The summed E-state index contributed by atoms with van der Waals surface area (Å²) in [5, 5.41) is 26.6. The molecule has 2 aliphatic heterocycles. The van der Waals surface area contributed by atoms with Gasteiger partial charge < -0.3 is 34.7 Å². The van der Waals surface area contributed by atoms with Crippen LogP contribution in [0.25, 0.3) is 10.9 Å². The molecular formula is C38H50N6O10. The van der Waals surface area contributed by atoms with Crippen LogP contribution in [0.15, 0.2) is 46.8 Å². The molecule has 2 fully saturated rings. The van der Waals surface area contributed by atoms with E-state index in [-0.39, 0.29) is 85.6 Å². The minimum Gasteiger partial charge on any atom is -0.462 e. The Morgan fingerprint density at radius 3 is 2.63 bits per heavy atom. The molecule has 8 atom stereocenters. The topological polar surface area (TPSA) is 209 Å². The summed E-state index contributed by atoms with van der Waals surface area (Å²) in [5.74, 6) is -0.580. The number of imide groups is 1. The van der Waals surface area contributed by atoms with Crippen LogP contribution in [0.1, 0.15) is 64.8 Å². The van der Waals surface area contributed by atoms with Crippen LogP contribution in [0.4, 0.5) is 10.5 Å².